The van der Waals surface area contributed by atoms with Crippen molar-refractivity contribution in [3.05, 3.63) is 45.2 Å². The van der Waals surface area contributed by atoms with E-state index in [2.05, 4.69) is 15.0 Å². The van der Waals surface area contributed by atoms with Crippen LogP contribution in [0.3, 0.4) is 0 Å². The van der Waals surface area contributed by atoms with E-state index in [0.717, 1.165) is 0 Å². The van der Waals surface area contributed by atoms with E-state index < -0.39 is 16.9 Å². The average molecular weight is 407 g/mol. The van der Waals surface area contributed by atoms with E-state index >= 15 is 0 Å². The molecule has 0 saturated heterocycles. The van der Waals surface area contributed by atoms with Gasteiger partial charge in [-0.25, -0.2) is 15.0 Å². The fourth-order valence-corrected chi connectivity index (χ4v) is 2.84. The van der Waals surface area contributed by atoms with Crippen molar-refractivity contribution >= 4 is 40.3 Å². The molecule has 3 aromatic rings. The maximum absolute atomic E-state index is 13.1. The predicted molar refractivity (Wildman–Crippen MR) is 103 cm³/mol. The van der Waals surface area contributed by atoms with Gasteiger partial charge in [-0.1, -0.05) is 23.2 Å². The molecule has 27 heavy (non-hydrogen) atoms. The smallest absolute Gasteiger partial charge is 0.316 e. The van der Waals surface area contributed by atoms with Crippen LogP contribution in [0, 0.1) is 5.41 Å². The molecule has 3 heterocycles. The standard InChI is InChI=1S/C18H16Cl2N4O3/c1-18(2,3)17(26)27-13-11(9-5-6-10(19)23-14(9)20)16(25)24(4)15-12(13)21-7-8-22-15/h5-8H,1-4H3. The molecule has 0 aromatic carbocycles. The van der Waals surface area contributed by atoms with E-state index in [4.69, 9.17) is 27.9 Å². The summed E-state index contributed by atoms with van der Waals surface area (Å²) in [5, 5.41) is 0.185. The first-order valence-corrected chi connectivity index (χ1v) is 8.75. The summed E-state index contributed by atoms with van der Waals surface area (Å²) in [6, 6.07) is 3.05. The topological polar surface area (TPSA) is 87.0 Å². The van der Waals surface area contributed by atoms with Crippen molar-refractivity contribution in [1.29, 1.82) is 0 Å². The van der Waals surface area contributed by atoms with Crippen LogP contribution < -0.4 is 10.3 Å². The van der Waals surface area contributed by atoms with Gasteiger partial charge in [0.2, 0.25) is 0 Å². The summed E-state index contributed by atoms with van der Waals surface area (Å²) >= 11 is 12.1. The van der Waals surface area contributed by atoms with E-state index in [0.29, 0.717) is 0 Å². The molecule has 0 amide bonds. The van der Waals surface area contributed by atoms with Gasteiger partial charge in [-0.3, -0.25) is 14.2 Å². The number of hydrogen-bond acceptors (Lipinski definition) is 6. The van der Waals surface area contributed by atoms with Gasteiger partial charge in [0.1, 0.15) is 15.8 Å². The molecule has 9 heteroatoms. The Balaban J connectivity index is 2.41. The molecule has 0 bridgehead atoms. The quantitative estimate of drug-likeness (QED) is 0.476. The van der Waals surface area contributed by atoms with Gasteiger partial charge >= 0.3 is 5.97 Å². The number of pyridine rings is 2. The fraction of sp³-hybridized carbons (Fsp3) is 0.278. The summed E-state index contributed by atoms with van der Waals surface area (Å²) in [5.41, 5.74) is -0.359. The van der Waals surface area contributed by atoms with E-state index in [1.54, 1.807) is 33.9 Å². The van der Waals surface area contributed by atoms with Gasteiger partial charge < -0.3 is 4.74 Å². The van der Waals surface area contributed by atoms with Crippen LogP contribution in [0.5, 0.6) is 5.75 Å². The number of hydrogen-bond donors (Lipinski definition) is 0. The van der Waals surface area contributed by atoms with Crippen LogP contribution in [0.25, 0.3) is 22.3 Å². The minimum Gasteiger partial charge on any atom is -0.423 e. The Bertz CT molecular complexity index is 1120. The molecule has 0 aliphatic carbocycles. The average Bonchev–Trinajstić information content (AvgIpc) is 2.60. The molecule has 7 nitrogen and oxygen atoms in total. The summed E-state index contributed by atoms with van der Waals surface area (Å²) in [5.74, 6) is -0.533. The van der Waals surface area contributed by atoms with Crippen molar-refractivity contribution in [2.24, 2.45) is 12.5 Å². The zero-order chi connectivity index (χ0) is 19.9. The molecule has 0 fully saturated rings. The van der Waals surface area contributed by atoms with Crippen LogP contribution >= 0.6 is 23.2 Å². The summed E-state index contributed by atoms with van der Waals surface area (Å²) in [4.78, 5) is 38.0. The number of esters is 1. The van der Waals surface area contributed by atoms with Gasteiger partial charge in [0.15, 0.2) is 11.4 Å². The number of carbonyl (C=O) groups excluding carboxylic acids is 1. The second-order valence-electron chi connectivity index (χ2n) is 6.91. The third-order valence-electron chi connectivity index (χ3n) is 3.85. The molecule has 0 radical (unpaired) electrons. The van der Waals surface area contributed by atoms with Gasteiger partial charge in [0, 0.05) is 25.0 Å². The number of fused-ring (bicyclic) bond motifs is 1. The second kappa shape index (κ2) is 6.90. The lowest BCUT2D eigenvalue weighted by Crippen LogP contribution is -2.28. The molecule has 0 aliphatic rings. The Morgan fingerprint density at radius 2 is 1.81 bits per heavy atom. The van der Waals surface area contributed by atoms with Crippen molar-refractivity contribution in [2.45, 2.75) is 20.8 Å². The number of nitrogens with zero attached hydrogens (tertiary/aromatic N) is 4. The van der Waals surface area contributed by atoms with Crippen LogP contribution in [-0.2, 0) is 11.8 Å². The first-order valence-electron chi connectivity index (χ1n) is 7.99. The molecule has 140 valence electrons. The third kappa shape index (κ3) is 3.52. The fourth-order valence-electron chi connectivity index (χ4n) is 2.40. The van der Waals surface area contributed by atoms with E-state index in [-0.39, 0.29) is 38.3 Å². The molecule has 0 spiro atoms. The number of aromatic nitrogens is 4. The number of rotatable bonds is 2. The summed E-state index contributed by atoms with van der Waals surface area (Å²) in [7, 11) is 1.55. The van der Waals surface area contributed by atoms with Crippen LogP contribution in [-0.4, -0.2) is 25.5 Å². The van der Waals surface area contributed by atoms with Crippen LogP contribution in [0.2, 0.25) is 10.3 Å². The Kier molecular flexibility index (Phi) is 4.92. The molecular weight excluding hydrogens is 391 g/mol. The van der Waals surface area contributed by atoms with Crippen molar-refractivity contribution in [2.75, 3.05) is 0 Å². The maximum Gasteiger partial charge on any atom is 0.316 e. The van der Waals surface area contributed by atoms with Crippen molar-refractivity contribution in [1.82, 2.24) is 19.5 Å². The Morgan fingerprint density at radius 1 is 1.15 bits per heavy atom. The highest BCUT2D eigenvalue weighted by Crippen LogP contribution is 2.36. The molecule has 3 aromatic heterocycles. The summed E-state index contributed by atoms with van der Waals surface area (Å²) in [6.45, 7) is 5.13. The predicted octanol–water partition coefficient (Wildman–Crippen LogP) is 3.65. The second-order valence-corrected chi connectivity index (χ2v) is 7.65. The molecule has 0 aliphatic heterocycles. The molecule has 0 unspecified atom stereocenters. The van der Waals surface area contributed by atoms with Crippen molar-refractivity contribution < 1.29 is 9.53 Å². The molecule has 0 saturated carbocycles. The van der Waals surface area contributed by atoms with Crippen LogP contribution in [0.15, 0.2) is 29.3 Å². The van der Waals surface area contributed by atoms with Crippen molar-refractivity contribution in [3.63, 3.8) is 0 Å². The zero-order valence-corrected chi connectivity index (χ0v) is 16.6. The summed E-state index contributed by atoms with van der Waals surface area (Å²) < 4.78 is 6.94. The number of carbonyl (C=O) groups is 1. The molecular formula is C18H16Cl2N4O3. The lowest BCUT2D eigenvalue weighted by atomic mass is 9.97. The van der Waals surface area contributed by atoms with Gasteiger partial charge in [-0.05, 0) is 32.9 Å². The lowest BCUT2D eigenvalue weighted by molar-refractivity contribution is -0.142. The summed E-state index contributed by atoms with van der Waals surface area (Å²) in [6.07, 6.45) is 2.90. The first-order chi connectivity index (χ1) is 12.6. The highest BCUT2D eigenvalue weighted by atomic mass is 35.5. The Morgan fingerprint density at radius 3 is 2.44 bits per heavy atom. The van der Waals surface area contributed by atoms with E-state index in [1.165, 1.54) is 23.0 Å². The van der Waals surface area contributed by atoms with Crippen LogP contribution in [0.1, 0.15) is 20.8 Å². The van der Waals surface area contributed by atoms with E-state index in [1.807, 2.05) is 0 Å². The van der Waals surface area contributed by atoms with Gasteiger partial charge in [0.25, 0.3) is 5.56 Å². The molecule has 0 atom stereocenters. The largest absolute Gasteiger partial charge is 0.423 e. The normalized spacial score (nSPS) is 11.6. The molecule has 0 N–H and O–H groups in total. The minimum absolute atomic E-state index is 0.00727. The van der Waals surface area contributed by atoms with Gasteiger partial charge in [-0.2, -0.15) is 0 Å². The highest BCUT2D eigenvalue weighted by Gasteiger charge is 2.29. The van der Waals surface area contributed by atoms with E-state index in [9.17, 15) is 9.59 Å². The number of halogens is 2. The van der Waals surface area contributed by atoms with Crippen molar-refractivity contribution in [3.8, 4) is 16.9 Å². The Hall–Kier alpha value is -2.51. The first kappa shape index (κ1) is 19.3. The van der Waals surface area contributed by atoms with Crippen LogP contribution in [0.4, 0.5) is 0 Å². The third-order valence-corrected chi connectivity index (χ3v) is 4.35. The number of ether oxygens (including phenoxy) is 1. The lowest BCUT2D eigenvalue weighted by Gasteiger charge is -2.19. The molecule has 3 rings (SSSR count). The minimum atomic E-state index is -0.797. The SMILES string of the molecule is Cn1c(=O)c(-c2ccc(Cl)nc2Cl)c(OC(=O)C(C)(C)C)c2nccnc21. The monoisotopic (exact) mass is 406 g/mol. The number of aryl methyl sites for hydroxylation is 1. The van der Waals surface area contributed by atoms with Gasteiger partial charge in [-0.15, -0.1) is 0 Å². The zero-order valence-electron chi connectivity index (χ0n) is 15.1. The van der Waals surface area contributed by atoms with Gasteiger partial charge in [0.05, 0.1) is 11.0 Å². The maximum atomic E-state index is 13.1. The highest BCUT2D eigenvalue weighted by molar-refractivity contribution is 6.34. The Labute approximate surface area is 164 Å².